The average molecular weight is 246 g/mol. The highest BCUT2D eigenvalue weighted by molar-refractivity contribution is 5.90. The highest BCUT2D eigenvalue weighted by Gasteiger charge is 2.45. The van der Waals surface area contributed by atoms with Crippen LogP contribution in [-0.2, 0) is 14.3 Å². The van der Waals surface area contributed by atoms with Gasteiger partial charge < -0.3 is 9.47 Å². The van der Waals surface area contributed by atoms with Crippen LogP contribution in [0.15, 0.2) is 35.6 Å². The number of hydrogen-bond donors (Lipinski definition) is 0. The van der Waals surface area contributed by atoms with Crippen molar-refractivity contribution in [3.8, 4) is 0 Å². The Hall–Kier alpha value is -1.51. The zero-order chi connectivity index (χ0) is 12.9. The molecule has 3 aliphatic rings. The molecule has 0 radical (unpaired) electrons. The predicted octanol–water partition coefficient (Wildman–Crippen LogP) is 2.74. The SMILES string of the molecule is C=C1C(=O)O[C@H]2C[C@H](C)C3=CC=C(C)O[C@H]3C[C@H]12. The van der Waals surface area contributed by atoms with Crippen LogP contribution in [-0.4, -0.2) is 18.2 Å². The van der Waals surface area contributed by atoms with Crippen molar-refractivity contribution in [3.63, 3.8) is 0 Å². The van der Waals surface area contributed by atoms with Crippen LogP contribution in [0, 0.1) is 11.8 Å². The summed E-state index contributed by atoms with van der Waals surface area (Å²) in [5.41, 5.74) is 1.93. The Balaban J connectivity index is 1.92. The van der Waals surface area contributed by atoms with Gasteiger partial charge in [0.2, 0.25) is 0 Å². The number of hydrogen-bond acceptors (Lipinski definition) is 3. The van der Waals surface area contributed by atoms with Gasteiger partial charge in [-0.1, -0.05) is 19.6 Å². The monoisotopic (exact) mass is 246 g/mol. The van der Waals surface area contributed by atoms with E-state index in [0.29, 0.717) is 11.5 Å². The summed E-state index contributed by atoms with van der Waals surface area (Å²) >= 11 is 0. The van der Waals surface area contributed by atoms with E-state index in [1.54, 1.807) is 0 Å². The van der Waals surface area contributed by atoms with E-state index in [1.165, 1.54) is 5.57 Å². The van der Waals surface area contributed by atoms with Gasteiger partial charge in [0.05, 0.1) is 5.76 Å². The van der Waals surface area contributed by atoms with Crippen molar-refractivity contribution in [2.24, 2.45) is 11.8 Å². The normalized spacial score (nSPS) is 38.8. The van der Waals surface area contributed by atoms with Crippen LogP contribution in [0.25, 0.3) is 0 Å². The highest BCUT2D eigenvalue weighted by atomic mass is 16.6. The largest absolute Gasteiger partial charge is 0.491 e. The minimum absolute atomic E-state index is 0.0181. The highest BCUT2D eigenvalue weighted by Crippen LogP contribution is 2.43. The third-order valence-electron chi connectivity index (χ3n) is 4.25. The van der Waals surface area contributed by atoms with Crippen LogP contribution >= 0.6 is 0 Å². The quantitative estimate of drug-likeness (QED) is 0.487. The molecule has 3 heteroatoms. The molecule has 0 spiro atoms. The van der Waals surface area contributed by atoms with Gasteiger partial charge in [-0.25, -0.2) is 4.79 Å². The second-order valence-corrected chi connectivity index (χ2v) is 5.50. The molecule has 3 rings (SSSR count). The molecule has 0 aromatic rings. The third-order valence-corrected chi connectivity index (χ3v) is 4.25. The summed E-state index contributed by atoms with van der Waals surface area (Å²) < 4.78 is 11.3. The van der Waals surface area contributed by atoms with Crippen molar-refractivity contribution in [1.82, 2.24) is 0 Å². The Morgan fingerprint density at radius 1 is 1.28 bits per heavy atom. The van der Waals surface area contributed by atoms with Crippen molar-refractivity contribution < 1.29 is 14.3 Å². The molecule has 4 atom stereocenters. The summed E-state index contributed by atoms with van der Waals surface area (Å²) in [6.45, 7) is 8.02. The predicted molar refractivity (Wildman–Crippen MR) is 67.6 cm³/mol. The third kappa shape index (κ3) is 1.69. The Bertz CT molecular complexity index is 472. The summed E-state index contributed by atoms with van der Waals surface area (Å²) in [5.74, 6) is 1.20. The summed E-state index contributed by atoms with van der Waals surface area (Å²) in [5, 5.41) is 0. The molecule has 2 fully saturated rings. The molecular formula is C15H18O3. The fourth-order valence-electron chi connectivity index (χ4n) is 3.21. The van der Waals surface area contributed by atoms with Crippen LogP contribution in [0.4, 0.5) is 0 Å². The zero-order valence-electron chi connectivity index (χ0n) is 10.8. The number of esters is 1. The first kappa shape index (κ1) is 11.6. The average Bonchev–Trinajstić information content (AvgIpc) is 2.51. The van der Waals surface area contributed by atoms with E-state index in [2.05, 4.69) is 19.6 Å². The zero-order valence-corrected chi connectivity index (χ0v) is 10.8. The van der Waals surface area contributed by atoms with E-state index in [-0.39, 0.29) is 24.1 Å². The molecule has 18 heavy (non-hydrogen) atoms. The molecule has 0 bridgehead atoms. The van der Waals surface area contributed by atoms with E-state index in [1.807, 2.05) is 13.0 Å². The molecular weight excluding hydrogens is 228 g/mol. The molecule has 0 unspecified atom stereocenters. The smallest absolute Gasteiger partial charge is 0.334 e. The Labute approximate surface area is 107 Å². The van der Waals surface area contributed by atoms with Gasteiger partial charge in [-0.2, -0.15) is 0 Å². The maximum Gasteiger partial charge on any atom is 0.334 e. The van der Waals surface area contributed by atoms with Gasteiger partial charge in [-0.3, -0.25) is 0 Å². The van der Waals surface area contributed by atoms with E-state index < -0.39 is 0 Å². The Morgan fingerprint density at radius 3 is 2.83 bits per heavy atom. The number of rotatable bonds is 0. The number of carbonyl (C=O) groups excluding carboxylic acids is 1. The Kier molecular flexibility index (Phi) is 2.58. The lowest BCUT2D eigenvalue weighted by atomic mass is 9.91. The van der Waals surface area contributed by atoms with Crippen LogP contribution in [0.5, 0.6) is 0 Å². The Morgan fingerprint density at radius 2 is 2.06 bits per heavy atom. The van der Waals surface area contributed by atoms with Crippen LogP contribution in [0.2, 0.25) is 0 Å². The van der Waals surface area contributed by atoms with E-state index in [4.69, 9.17) is 9.47 Å². The summed E-state index contributed by atoms with van der Waals surface area (Å²) in [4.78, 5) is 11.6. The fraction of sp³-hybridized carbons (Fsp3) is 0.533. The van der Waals surface area contributed by atoms with Crippen molar-refractivity contribution >= 4 is 5.97 Å². The van der Waals surface area contributed by atoms with Crippen molar-refractivity contribution in [2.75, 3.05) is 0 Å². The number of carbonyl (C=O) groups is 1. The summed E-state index contributed by atoms with van der Waals surface area (Å²) in [7, 11) is 0. The molecule has 1 saturated heterocycles. The van der Waals surface area contributed by atoms with Gasteiger partial charge in [0.25, 0.3) is 0 Å². The van der Waals surface area contributed by atoms with Gasteiger partial charge >= 0.3 is 5.97 Å². The topological polar surface area (TPSA) is 35.5 Å². The van der Waals surface area contributed by atoms with Gasteiger partial charge in [0.15, 0.2) is 0 Å². The number of ether oxygens (including phenoxy) is 2. The van der Waals surface area contributed by atoms with Gasteiger partial charge in [-0.15, -0.1) is 0 Å². The fourth-order valence-corrected chi connectivity index (χ4v) is 3.21. The minimum atomic E-state index is -0.229. The molecule has 0 amide bonds. The molecule has 1 saturated carbocycles. The second-order valence-electron chi connectivity index (χ2n) is 5.50. The molecule has 2 aliphatic heterocycles. The molecule has 2 heterocycles. The maximum absolute atomic E-state index is 11.6. The maximum atomic E-state index is 11.6. The van der Waals surface area contributed by atoms with Gasteiger partial charge in [0.1, 0.15) is 12.2 Å². The van der Waals surface area contributed by atoms with Crippen LogP contribution < -0.4 is 0 Å². The van der Waals surface area contributed by atoms with E-state index >= 15 is 0 Å². The van der Waals surface area contributed by atoms with Crippen molar-refractivity contribution in [3.05, 3.63) is 35.6 Å². The second kappa shape index (κ2) is 4.01. The molecule has 0 aromatic carbocycles. The summed E-state index contributed by atoms with van der Waals surface area (Å²) in [6.07, 6.45) is 5.91. The first-order valence-corrected chi connectivity index (χ1v) is 6.51. The standard InChI is InChI=1S/C15H18O3/c1-8-6-13-12(10(3)15(16)18-13)7-14-11(8)5-4-9(2)17-14/h4-5,8,12-14H,3,6-7H2,1-2H3/t8-,12+,13-,14-/m0/s1. The minimum Gasteiger partial charge on any atom is -0.491 e. The lowest BCUT2D eigenvalue weighted by Gasteiger charge is -2.27. The van der Waals surface area contributed by atoms with E-state index in [0.717, 1.165) is 18.6 Å². The first-order chi connectivity index (χ1) is 8.56. The molecule has 96 valence electrons. The van der Waals surface area contributed by atoms with E-state index in [9.17, 15) is 4.79 Å². The number of allylic oxidation sites excluding steroid dienone is 3. The van der Waals surface area contributed by atoms with Crippen molar-refractivity contribution in [1.29, 1.82) is 0 Å². The van der Waals surface area contributed by atoms with Gasteiger partial charge in [-0.05, 0) is 37.3 Å². The first-order valence-electron chi connectivity index (χ1n) is 6.51. The molecule has 1 aliphatic carbocycles. The van der Waals surface area contributed by atoms with Crippen LogP contribution in [0.1, 0.15) is 26.7 Å². The molecule has 0 aromatic heterocycles. The van der Waals surface area contributed by atoms with Gasteiger partial charge in [0, 0.05) is 11.5 Å². The lowest BCUT2D eigenvalue weighted by molar-refractivity contribution is -0.139. The molecule has 0 N–H and O–H groups in total. The number of fused-ring (bicyclic) bond motifs is 2. The van der Waals surface area contributed by atoms with Crippen LogP contribution in [0.3, 0.4) is 0 Å². The van der Waals surface area contributed by atoms with Crippen molar-refractivity contribution in [2.45, 2.75) is 38.9 Å². The molecule has 3 nitrogen and oxygen atoms in total. The lowest BCUT2D eigenvalue weighted by Crippen LogP contribution is -2.22. The summed E-state index contributed by atoms with van der Waals surface area (Å²) in [6, 6.07) is 0.